The van der Waals surface area contributed by atoms with Crippen molar-refractivity contribution in [2.24, 2.45) is 0 Å². The minimum Gasteiger partial charge on any atom is -0.315 e. The number of nitrogens with one attached hydrogen (secondary N) is 1. The summed E-state index contributed by atoms with van der Waals surface area (Å²) < 4.78 is 26.4. The second-order valence-corrected chi connectivity index (χ2v) is 5.79. The quantitative estimate of drug-likeness (QED) is 0.682. The maximum absolute atomic E-state index is 11.8. The van der Waals surface area contributed by atoms with Crippen molar-refractivity contribution in [1.29, 1.82) is 0 Å². The average Bonchev–Trinajstić information content (AvgIpc) is 2.01. The molecule has 1 N–H and O–H groups in total. The zero-order chi connectivity index (χ0) is 10.6. The first-order valence-corrected chi connectivity index (χ1v) is 6.33. The van der Waals surface area contributed by atoms with Crippen molar-refractivity contribution in [3.8, 4) is 0 Å². The number of nitrogens with zero attached hydrogens (tertiary/aromatic N) is 2. The number of hydrogen-bond acceptors (Lipinski definition) is 3. The second kappa shape index (κ2) is 5.06. The first kappa shape index (κ1) is 11.9. The molecular weight excluding hydrogens is 202 g/mol. The molecule has 0 spiro atoms. The molecule has 0 amide bonds. The monoisotopic (exact) mass is 221 g/mol. The van der Waals surface area contributed by atoms with Crippen LogP contribution in [0.2, 0.25) is 0 Å². The molecule has 84 valence electrons. The van der Waals surface area contributed by atoms with Crippen LogP contribution in [0.5, 0.6) is 0 Å². The fourth-order valence-electron chi connectivity index (χ4n) is 1.44. The molecular formula is C8H19N3O2S. The fraction of sp³-hybridized carbons (Fsp3) is 1.00. The summed E-state index contributed by atoms with van der Waals surface area (Å²) in [7, 11) is -0.0709. The Bertz CT molecular complexity index is 256. The third kappa shape index (κ3) is 2.91. The Balaban J connectivity index is 2.64. The van der Waals surface area contributed by atoms with E-state index in [1.165, 1.54) is 4.31 Å². The van der Waals surface area contributed by atoms with Crippen LogP contribution in [-0.2, 0) is 10.2 Å². The van der Waals surface area contributed by atoms with Crippen LogP contribution in [0.25, 0.3) is 0 Å². The van der Waals surface area contributed by atoms with E-state index in [-0.39, 0.29) is 0 Å². The molecule has 6 heteroatoms. The van der Waals surface area contributed by atoms with Crippen molar-refractivity contribution >= 4 is 10.2 Å². The zero-order valence-corrected chi connectivity index (χ0v) is 9.68. The lowest BCUT2D eigenvalue weighted by Gasteiger charge is -2.27. The molecule has 1 rings (SSSR count). The van der Waals surface area contributed by atoms with Crippen molar-refractivity contribution in [3.05, 3.63) is 0 Å². The third-order valence-corrected chi connectivity index (χ3v) is 4.28. The van der Waals surface area contributed by atoms with Gasteiger partial charge in [-0.3, -0.25) is 0 Å². The van der Waals surface area contributed by atoms with Crippen molar-refractivity contribution in [3.63, 3.8) is 0 Å². The molecule has 0 bridgehead atoms. The molecule has 0 aromatic carbocycles. The van der Waals surface area contributed by atoms with Gasteiger partial charge in [0.15, 0.2) is 0 Å². The highest BCUT2D eigenvalue weighted by atomic mass is 32.2. The molecule has 0 aromatic rings. The van der Waals surface area contributed by atoms with Gasteiger partial charge < -0.3 is 5.32 Å². The first-order valence-electron chi connectivity index (χ1n) is 4.93. The molecule has 0 radical (unpaired) electrons. The van der Waals surface area contributed by atoms with E-state index < -0.39 is 10.2 Å². The maximum Gasteiger partial charge on any atom is 0.281 e. The zero-order valence-electron chi connectivity index (χ0n) is 8.86. The summed E-state index contributed by atoms with van der Waals surface area (Å²) >= 11 is 0. The number of rotatable bonds is 2. The second-order valence-electron chi connectivity index (χ2n) is 3.65. The van der Waals surface area contributed by atoms with Gasteiger partial charge in [0.2, 0.25) is 0 Å². The molecule has 1 saturated heterocycles. The van der Waals surface area contributed by atoms with Crippen molar-refractivity contribution in [2.45, 2.75) is 12.8 Å². The highest BCUT2D eigenvalue weighted by molar-refractivity contribution is 7.86. The average molecular weight is 221 g/mol. The standard InChI is InChI=1S/C8H19N3O2S/c1-10(2)14(12,13)11-7-4-3-5-9-6-8-11/h9H,3-8H2,1-2H3. The third-order valence-electron chi connectivity index (χ3n) is 2.34. The van der Waals surface area contributed by atoms with Crippen molar-refractivity contribution < 1.29 is 8.42 Å². The van der Waals surface area contributed by atoms with Crippen LogP contribution < -0.4 is 5.32 Å². The molecule has 1 fully saturated rings. The van der Waals surface area contributed by atoms with Crippen molar-refractivity contribution in [1.82, 2.24) is 13.9 Å². The summed E-state index contributed by atoms with van der Waals surface area (Å²) in [5.41, 5.74) is 0. The summed E-state index contributed by atoms with van der Waals surface area (Å²) in [6, 6.07) is 0. The topological polar surface area (TPSA) is 52.7 Å². The maximum atomic E-state index is 11.8. The van der Waals surface area contributed by atoms with Gasteiger partial charge in [0.1, 0.15) is 0 Å². The molecule has 1 heterocycles. The minimum absolute atomic E-state index is 0.570. The molecule has 0 aromatic heterocycles. The van der Waals surface area contributed by atoms with Crippen LogP contribution in [0.15, 0.2) is 0 Å². The van der Waals surface area contributed by atoms with Gasteiger partial charge in [-0.15, -0.1) is 0 Å². The van der Waals surface area contributed by atoms with Crippen LogP contribution >= 0.6 is 0 Å². The van der Waals surface area contributed by atoms with Gasteiger partial charge in [0, 0.05) is 33.7 Å². The summed E-state index contributed by atoms with van der Waals surface area (Å²) in [4.78, 5) is 0. The van der Waals surface area contributed by atoms with E-state index in [1.54, 1.807) is 18.4 Å². The molecule has 1 aliphatic rings. The predicted molar refractivity (Wildman–Crippen MR) is 56.3 cm³/mol. The van der Waals surface area contributed by atoms with Gasteiger partial charge in [-0.05, 0) is 19.4 Å². The predicted octanol–water partition coefficient (Wildman–Crippen LogP) is -0.522. The summed E-state index contributed by atoms with van der Waals surface area (Å²) in [5.74, 6) is 0. The van der Waals surface area contributed by atoms with Crippen LogP contribution in [0.4, 0.5) is 0 Å². The molecule has 14 heavy (non-hydrogen) atoms. The Morgan fingerprint density at radius 2 is 1.86 bits per heavy atom. The van der Waals surface area contributed by atoms with E-state index in [4.69, 9.17) is 0 Å². The van der Waals surface area contributed by atoms with Crippen LogP contribution in [-0.4, -0.2) is 57.3 Å². The van der Waals surface area contributed by atoms with E-state index in [1.807, 2.05) is 0 Å². The van der Waals surface area contributed by atoms with Crippen LogP contribution in [0.1, 0.15) is 12.8 Å². The normalized spacial score (nSPS) is 21.9. The van der Waals surface area contributed by atoms with Gasteiger partial charge in [-0.1, -0.05) is 0 Å². The van der Waals surface area contributed by atoms with Gasteiger partial charge in [0.05, 0.1) is 0 Å². The van der Waals surface area contributed by atoms with Gasteiger partial charge in [-0.2, -0.15) is 17.0 Å². The highest BCUT2D eigenvalue weighted by Gasteiger charge is 2.23. The van der Waals surface area contributed by atoms with Gasteiger partial charge >= 0.3 is 0 Å². The highest BCUT2D eigenvalue weighted by Crippen LogP contribution is 2.07. The lowest BCUT2D eigenvalue weighted by Crippen LogP contribution is -2.45. The van der Waals surface area contributed by atoms with E-state index in [9.17, 15) is 8.42 Å². The Labute approximate surface area is 86.3 Å². The molecule has 0 aliphatic carbocycles. The number of hydrogen-bond donors (Lipinski definition) is 1. The van der Waals surface area contributed by atoms with E-state index in [0.29, 0.717) is 13.1 Å². The van der Waals surface area contributed by atoms with E-state index >= 15 is 0 Å². The summed E-state index contributed by atoms with van der Waals surface area (Å²) in [6.45, 7) is 2.95. The Morgan fingerprint density at radius 3 is 2.50 bits per heavy atom. The first-order chi connectivity index (χ1) is 6.55. The molecule has 1 aliphatic heterocycles. The Morgan fingerprint density at radius 1 is 1.14 bits per heavy atom. The molecule has 0 unspecified atom stereocenters. The van der Waals surface area contributed by atoms with Gasteiger partial charge in [0.25, 0.3) is 10.2 Å². The lowest BCUT2D eigenvalue weighted by atomic mass is 10.3. The fourth-order valence-corrected chi connectivity index (χ4v) is 2.58. The smallest absolute Gasteiger partial charge is 0.281 e. The summed E-state index contributed by atoms with van der Waals surface area (Å²) in [6.07, 6.45) is 1.97. The van der Waals surface area contributed by atoms with E-state index in [2.05, 4.69) is 5.32 Å². The van der Waals surface area contributed by atoms with Crippen LogP contribution in [0, 0.1) is 0 Å². The van der Waals surface area contributed by atoms with Crippen LogP contribution in [0.3, 0.4) is 0 Å². The summed E-state index contributed by atoms with van der Waals surface area (Å²) in [5, 5.41) is 3.20. The van der Waals surface area contributed by atoms with E-state index in [0.717, 1.165) is 25.9 Å². The molecule has 0 atom stereocenters. The Hall–Kier alpha value is -0.170. The lowest BCUT2D eigenvalue weighted by molar-refractivity contribution is 0.348. The van der Waals surface area contributed by atoms with Gasteiger partial charge in [-0.25, -0.2) is 0 Å². The molecule has 0 saturated carbocycles. The molecule has 5 nitrogen and oxygen atoms in total. The SMILES string of the molecule is CN(C)S(=O)(=O)N1CCCCNCC1. The Kier molecular flexibility index (Phi) is 4.31. The van der Waals surface area contributed by atoms with Crippen molar-refractivity contribution in [2.75, 3.05) is 40.3 Å². The largest absolute Gasteiger partial charge is 0.315 e. The minimum atomic E-state index is -3.21.